The molecular formula is C7H6O2S2. The lowest BCUT2D eigenvalue weighted by atomic mass is 10.3. The van der Waals surface area contributed by atoms with E-state index < -0.39 is 10.9 Å². The Labute approximate surface area is 72.6 Å². The predicted molar refractivity (Wildman–Crippen MR) is 47.2 cm³/mol. The van der Waals surface area contributed by atoms with Crippen LogP contribution in [0.25, 0.3) is 0 Å². The summed E-state index contributed by atoms with van der Waals surface area (Å²) in [4.78, 5) is 22.4. The fraction of sp³-hybridized carbons (Fsp3) is 0.143. The van der Waals surface area contributed by atoms with Gasteiger partial charge in [0, 0.05) is 0 Å². The number of rotatable bonds is 2. The Hall–Kier alpha value is -0.610. The van der Waals surface area contributed by atoms with E-state index in [-0.39, 0.29) is 0 Å². The molecule has 0 amide bonds. The van der Waals surface area contributed by atoms with Gasteiger partial charge in [-0.2, -0.15) is 0 Å². The zero-order chi connectivity index (χ0) is 8.27. The number of carbonyl (C=O) groups is 2. The Balaban J connectivity index is 2.79. The standard InChI is InChI=1S/C7H6O2S2/c1-10-7(9)6(8)5-3-2-4-11-5/h2-4H,1H3. The van der Waals surface area contributed by atoms with Crippen LogP contribution in [0, 0.1) is 0 Å². The van der Waals surface area contributed by atoms with Crippen molar-refractivity contribution in [1.29, 1.82) is 0 Å². The van der Waals surface area contributed by atoms with E-state index in [0.29, 0.717) is 4.88 Å². The highest BCUT2D eigenvalue weighted by Crippen LogP contribution is 2.12. The number of carbonyl (C=O) groups excluding carboxylic acids is 2. The summed E-state index contributed by atoms with van der Waals surface area (Å²) in [6, 6.07) is 3.41. The van der Waals surface area contributed by atoms with Gasteiger partial charge in [0.1, 0.15) is 0 Å². The van der Waals surface area contributed by atoms with Crippen molar-refractivity contribution in [1.82, 2.24) is 0 Å². The Kier molecular flexibility index (Phi) is 2.84. The van der Waals surface area contributed by atoms with Gasteiger partial charge in [0.25, 0.3) is 5.12 Å². The van der Waals surface area contributed by atoms with E-state index in [1.165, 1.54) is 11.3 Å². The molecule has 1 heterocycles. The molecule has 0 bridgehead atoms. The minimum Gasteiger partial charge on any atom is -0.283 e. The van der Waals surface area contributed by atoms with Crippen molar-refractivity contribution in [2.45, 2.75) is 0 Å². The SMILES string of the molecule is CSC(=O)C(=O)c1cccs1. The van der Waals surface area contributed by atoms with Crippen molar-refractivity contribution >= 4 is 34.0 Å². The monoisotopic (exact) mass is 186 g/mol. The fourth-order valence-electron chi connectivity index (χ4n) is 0.601. The highest BCUT2D eigenvalue weighted by Gasteiger charge is 2.14. The molecule has 4 heteroatoms. The Morgan fingerprint density at radius 1 is 1.55 bits per heavy atom. The Morgan fingerprint density at radius 3 is 2.73 bits per heavy atom. The summed E-state index contributed by atoms with van der Waals surface area (Å²) in [7, 11) is 0. The second-order valence-electron chi connectivity index (χ2n) is 1.80. The topological polar surface area (TPSA) is 34.1 Å². The van der Waals surface area contributed by atoms with Gasteiger partial charge in [-0.05, 0) is 17.7 Å². The number of hydrogen-bond acceptors (Lipinski definition) is 4. The van der Waals surface area contributed by atoms with E-state index in [4.69, 9.17) is 0 Å². The quantitative estimate of drug-likeness (QED) is 0.522. The second-order valence-corrected chi connectivity index (χ2v) is 3.52. The summed E-state index contributed by atoms with van der Waals surface area (Å²) in [6.07, 6.45) is 1.60. The van der Waals surface area contributed by atoms with Crippen LogP contribution < -0.4 is 0 Å². The average molecular weight is 186 g/mol. The number of hydrogen-bond donors (Lipinski definition) is 0. The summed E-state index contributed by atoms with van der Waals surface area (Å²) < 4.78 is 0. The highest BCUT2D eigenvalue weighted by atomic mass is 32.2. The molecule has 1 aromatic rings. The summed E-state index contributed by atoms with van der Waals surface area (Å²) in [5, 5.41) is 1.38. The minimum absolute atomic E-state index is 0.396. The van der Waals surface area contributed by atoms with Crippen LogP contribution >= 0.6 is 23.1 Å². The fourth-order valence-corrected chi connectivity index (χ4v) is 1.62. The van der Waals surface area contributed by atoms with Crippen LogP contribution in [0.15, 0.2) is 17.5 Å². The van der Waals surface area contributed by atoms with Gasteiger partial charge in [0.2, 0.25) is 5.78 Å². The summed E-state index contributed by atoms with van der Waals surface area (Å²) in [6.45, 7) is 0. The summed E-state index contributed by atoms with van der Waals surface area (Å²) in [5.41, 5.74) is 0. The lowest BCUT2D eigenvalue weighted by Crippen LogP contribution is -2.07. The number of thioether (sulfide) groups is 1. The van der Waals surface area contributed by atoms with E-state index in [1.807, 2.05) is 0 Å². The molecule has 58 valence electrons. The first-order valence-electron chi connectivity index (χ1n) is 2.92. The van der Waals surface area contributed by atoms with E-state index in [9.17, 15) is 9.59 Å². The van der Waals surface area contributed by atoms with Crippen molar-refractivity contribution in [3.63, 3.8) is 0 Å². The molecule has 1 aromatic heterocycles. The zero-order valence-electron chi connectivity index (χ0n) is 5.87. The van der Waals surface area contributed by atoms with Crippen molar-refractivity contribution < 1.29 is 9.59 Å². The molecule has 0 aliphatic heterocycles. The minimum atomic E-state index is -0.396. The zero-order valence-corrected chi connectivity index (χ0v) is 7.50. The molecule has 0 spiro atoms. The highest BCUT2D eigenvalue weighted by molar-refractivity contribution is 8.14. The van der Waals surface area contributed by atoms with E-state index in [2.05, 4.69) is 0 Å². The third-order valence-electron chi connectivity index (χ3n) is 1.12. The average Bonchev–Trinajstić information content (AvgIpc) is 2.53. The molecule has 0 aliphatic carbocycles. The molecule has 0 N–H and O–H groups in total. The Morgan fingerprint density at radius 2 is 2.27 bits per heavy atom. The van der Waals surface area contributed by atoms with E-state index in [0.717, 1.165) is 11.8 Å². The third-order valence-corrected chi connectivity index (χ3v) is 2.54. The summed E-state index contributed by atoms with van der Waals surface area (Å²) >= 11 is 2.24. The number of ketones is 1. The molecule has 1 rings (SSSR count). The second kappa shape index (κ2) is 3.69. The molecule has 0 aliphatic rings. The first-order chi connectivity index (χ1) is 5.25. The molecule has 0 atom stereocenters. The van der Waals surface area contributed by atoms with Crippen LogP contribution in [0.2, 0.25) is 0 Å². The van der Waals surface area contributed by atoms with E-state index >= 15 is 0 Å². The first-order valence-corrected chi connectivity index (χ1v) is 5.02. The lowest BCUT2D eigenvalue weighted by molar-refractivity contribution is -0.107. The van der Waals surface area contributed by atoms with Gasteiger partial charge in [-0.1, -0.05) is 17.8 Å². The van der Waals surface area contributed by atoms with Crippen LogP contribution in [0.4, 0.5) is 0 Å². The largest absolute Gasteiger partial charge is 0.283 e. The molecule has 0 aromatic carbocycles. The molecule has 0 unspecified atom stereocenters. The molecule has 0 fully saturated rings. The molecule has 0 saturated heterocycles. The maximum Gasteiger partial charge on any atom is 0.260 e. The molecular weight excluding hydrogens is 180 g/mol. The van der Waals surface area contributed by atoms with Crippen molar-refractivity contribution in [2.24, 2.45) is 0 Å². The van der Waals surface area contributed by atoms with Gasteiger partial charge in [-0.3, -0.25) is 9.59 Å². The predicted octanol–water partition coefficient (Wildman–Crippen LogP) is 1.82. The van der Waals surface area contributed by atoms with Crippen LogP contribution in [-0.2, 0) is 4.79 Å². The maximum atomic E-state index is 11.1. The Bertz CT molecular complexity index is 264. The van der Waals surface area contributed by atoms with Crippen molar-refractivity contribution in [3.8, 4) is 0 Å². The number of thiophene rings is 1. The van der Waals surface area contributed by atoms with Gasteiger partial charge in [0.15, 0.2) is 0 Å². The third kappa shape index (κ3) is 1.91. The molecule has 0 saturated carbocycles. The smallest absolute Gasteiger partial charge is 0.260 e. The lowest BCUT2D eigenvalue weighted by Gasteiger charge is -1.89. The van der Waals surface area contributed by atoms with Crippen LogP contribution in [0.5, 0.6) is 0 Å². The van der Waals surface area contributed by atoms with Gasteiger partial charge in [0.05, 0.1) is 4.88 Å². The van der Waals surface area contributed by atoms with Crippen molar-refractivity contribution in [2.75, 3.05) is 6.26 Å². The van der Waals surface area contributed by atoms with Crippen LogP contribution in [-0.4, -0.2) is 17.2 Å². The normalized spacial score (nSPS) is 9.55. The molecule has 11 heavy (non-hydrogen) atoms. The van der Waals surface area contributed by atoms with Crippen molar-refractivity contribution in [3.05, 3.63) is 22.4 Å². The molecule has 2 nitrogen and oxygen atoms in total. The van der Waals surface area contributed by atoms with Crippen LogP contribution in [0.3, 0.4) is 0 Å². The summed E-state index contributed by atoms with van der Waals surface area (Å²) in [5.74, 6) is -0.396. The van der Waals surface area contributed by atoms with E-state index in [1.54, 1.807) is 23.8 Å². The van der Waals surface area contributed by atoms with Gasteiger partial charge >= 0.3 is 0 Å². The molecule has 0 radical (unpaired) electrons. The van der Waals surface area contributed by atoms with Gasteiger partial charge in [-0.25, -0.2) is 0 Å². The van der Waals surface area contributed by atoms with Crippen LogP contribution in [0.1, 0.15) is 9.67 Å². The maximum absolute atomic E-state index is 11.1. The van der Waals surface area contributed by atoms with Gasteiger partial charge < -0.3 is 0 Å². The first kappa shape index (κ1) is 8.49. The van der Waals surface area contributed by atoms with Gasteiger partial charge in [-0.15, -0.1) is 11.3 Å². The number of Topliss-reactive ketones (excluding diaryl/α,β-unsaturated/α-hetero) is 1.